The summed E-state index contributed by atoms with van der Waals surface area (Å²) in [5.41, 5.74) is 1.08. The van der Waals surface area contributed by atoms with Gasteiger partial charge in [0.05, 0.1) is 12.5 Å². The Hall–Kier alpha value is -1.19. The number of para-hydroxylation sites is 1. The fraction of sp³-hybridized carbons (Fsp3) is 0.250. The lowest BCUT2D eigenvalue weighted by atomic mass is 10.3. The molecular weight excluding hydrogens is 302 g/mol. The molecule has 0 aliphatic heterocycles. The van der Waals surface area contributed by atoms with E-state index >= 15 is 0 Å². The van der Waals surface area contributed by atoms with Crippen molar-refractivity contribution in [3.8, 4) is 0 Å². The smallest absolute Gasteiger partial charge is 0.213 e. The molecule has 0 radical (unpaired) electrons. The quantitative estimate of drug-likeness (QED) is 0.708. The van der Waals surface area contributed by atoms with Crippen molar-refractivity contribution in [2.75, 3.05) is 12.5 Å². The van der Waals surface area contributed by atoms with Crippen LogP contribution in [-0.4, -0.2) is 43.7 Å². The first-order valence-electron chi connectivity index (χ1n) is 4.49. The molecule has 0 saturated carbocycles. The number of benzene rings is 1. The molecule has 1 aromatic carbocycles. The lowest BCUT2D eigenvalue weighted by molar-refractivity contribution is 0.585. The third kappa shape index (κ3) is 4.59. The van der Waals surface area contributed by atoms with E-state index in [0.717, 1.165) is 16.6 Å². The summed E-state index contributed by atoms with van der Waals surface area (Å²) in [6, 6.07) is 6.90. The predicted molar refractivity (Wildman–Crippen MR) is 68.5 cm³/mol. The first-order valence-corrected chi connectivity index (χ1v) is 9.06. The van der Waals surface area contributed by atoms with Crippen molar-refractivity contribution >= 4 is 40.8 Å². The van der Waals surface area contributed by atoms with Crippen LogP contribution in [0.15, 0.2) is 24.3 Å². The fourth-order valence-corrected chi connectivity index (χ4v) is 1.77. The Kier molecular flexibility index (Phi) is 4.30. The average molecular weight is 312 g/mol. The first kappa shape index (κ1) is 14.9. The number of hydrogen-bond acceptors (Lipinski definition) is 6. The maximum Gasteiger partial charge on any atom is 0.252 e. The van der Waals surface area contributed by atoms with Gasteiger partial charge in [-0.15, -0.1) is 9.19 Å². The molecule has 18 heavy (non-hydrogen) atoms. The van der Waals surface area contributed by atoms with Crippen LogP contribution in [0.5, 0.6) is 0 Å². The van der Waals surface area contributed by atoms with E-state index in [1.165, 1.54) is 0 Å². The molecule has 7 nitrogen and oxygen atoms in total. The summed E-state index contributed by atoms with van der Waals surface area (Å²) in [4.78, 5) is 0. The van der Waals surface area contributed by atoms with Gasteiger partial charge in [-0.25, -0.2) is 16.8 Å². The van der Waals surface area contributed by atoms with Crippen LogP contribution in [0.3, 0.4) is 0 Å². The van der Waals surface area contributed by atoms with Crippen molar-refractivity contribution in [2.45, 2.75) is 0 Å². The lowest BCUT2D eigenvalue weighted by Crippen LogP contribution is -2.11. The van der Waals surface area contributed by atoms with E-state index in [4.69, 9.17) is 0 Å². The summed E-state index contributed by atoms with van der Waals surface area (Å²) in [7, 11) is -2.04. The van der Waals surface area contributed by atoms with Crippen molar-refractivity contribution in [1.29, 1.82) is 0 Å². The van der Waals surface area contributed by atoms with Gasteiger partial charge in [-0.1, -0.05) is 17.3 Å². The normalized spacial score (nSPS) is 11.9. The second-order valence-electron chi connectivity index (χ2n) is 3.37. The number of fused-ring (bicyclic) bond motifs is 1. The molecule has 0 atom stereocenters. The van der Waals surface area contributed by atoms with Crippen LogP contribution in [0.1, 0.15) is 0 Å². The second kappa shape index (κ2) is 5.21. The van der Waals surface area contributed by atoms with E-state index in [1.807, 2.05) is 0 Å². The number of aromatic nitrogens is 3. The third-order valence-corrected chi connectivity index (χ3v) is 2.53. The summed E-state index contributed by atoms with van der Waals surface area (Å²) >= 11 is 0. The van der Waals surface area contributed by atoms with Crippen molar-refractivity contribution in [2.24, 2.45) is 0 Å². The van der Waals surface area contributed by atoms with Gasteiger partial charge in [0.2, 0.25) is 9.05 Å². The van der Waals surface area contributed by atoms with Crippen molar-refractivity contribution in [1.82, 2.24) is 14.4 Å². The van der Waals surface area contributed by atoms with E-state index in [2.05, 4.69) is 21.0 Å². The van der Waals surface area contributed by atoms with Crippen LogP contribution in [0.4, 0.5) is 0 Å². The minimum absolute atomic E-state index is 0.505. The van der Waals surface area contributed by atoms with E-state index in [1.54, 1.807) is 24.3 Å². The largest absolute Gasteiger partial charge is 0.252 e. The van der Waals surface area contributed by atoms with E-state index in [-0.39, 0.29) is 0 Å². The highest BCUT2D eigenvalue weighted by Crippen LogP contribution is 2.10. The molecule has 2 rings (SSSR count). The lowest BCUT2D eigenvalue weighted by Gasteiger charge is -1.95. The third-order valence-electron chi connectivity index (χ3n) is 1.64. The van der Waals surface area contributed by atoms with Crippen molar-refractivity contribution in [3.05, 3.63) is 24.3 Å². The van der Waals surface area contributed by atoms with Crippen molar-refractivity contribution in [3.63, 3.8) is 0 Å². The SMILES string of the molecule is CS(=O)(=O)Cl.CS(=O)(=O)n1nnc2ccccc21. The molecular formula is C8H10ClN3O4S2. The highest BCUT2D eigenvalue weighted by molar-refractivity contribution is 8.13. The van der Waals surface area contributed by atoms with Gasteiger partial charge in [-0.2, -0.15) is 0 Å². The Labute approximate surface area is 109 Å². The summed E-state index contributed by atoms with van der Waals surface area (Å²) < 4.78 is 42.1. The summed E-state index contributed by atoms with van der Waals surface area (Å²) in [6.45, 7) is 0. The van der Waals surface area contributed by atoms with Crippen LogP contribution in [0.25, 0.3) is 11.0 Å². The van der Waals surface area contributed by atoms with Gasteiger partial charge in [0.25, 0.3) is 10.0 Å². The Balaban J connectivity index is 0.000000280. The molecule has 0 fully saturated rings. The van der Waals surface area contributed by atoms with Crippen molar-refractivity contribution < 1.29 is 16.8 Å². The molecule has 100 valence electrons. The van der Waals surface area contributed by atoms with E-state index in [0.29, 0.717) is 11.0 Å². The van der Waals surface area contributed by atoms with Gasteiger partial charge in [-0.3, -0.25) is 0 Å². The predicted octanol–water partition coefficient (Wildman–Crippen LogP) is 0.424. The van der Waals surface area contributed by atoms with Gasteiger partial charge < -0.3 is 0 Å². The fourth-order valence-electron chi connectivity index (χ4n) is 1.09. The summed E-state index contributed by atoms with van der Waals surface area (Å²) in [5, 5.41) is 7.26. The molecule has 0 saturated heterocycles. The zero-order valence-electron chi connectivity index (χ0n) is 9.48. The maximum atomic E-state index is 11.2. The molecule has 0 aliphatic carbocycles. The molecule has 0 spiro atoms. The minimum Gasteiger partial charge on any atom is -0.213 e. The Morgan fingerprint density at radius 3 is 2.11 bits per heavy atom. The van der Waals surface area contributed by atoms with Gasteiger partial charge in [-0.05, 0) is 12.1 Å². The van der Waals surface area contributed by atoms with Gasteiger partial charge in [0.1, 0.15) is 11.0 Å². The molecule has 0 aliphatic rings. The molecule has 1 aromatic heterocycles. The number of halogens is 1. The van der Waals surface area contributed by atoms with E-state index < -0.39 is 19.1 Å². The second-order valence-corrected chi connectivity index (χ2v) is 8.22. The van der Waals surface area contributed by atoms with Gasteiger partial charge in [0.15, 0.2) is 0 Å². The number of nitrogens with zero attached hydrogens (tertiary/aromatic N) is 3. The van der Waals surface area contributed by atoms with Crippen LogP contribution in [0, 0.1) is 0 Å². The topological polar surface area (TPSA) is 99.0 Å². The zero-order valence-corrected chi connectivity index (χ0v) is 11.9. The molecule has 1 heterocycles. The van der Waals surface area contributed by atoms with E-state index in [9.17, 15) is 16.8 Å². The average Bonchev–Trinajstić information content (AvgIpc) is 2.57. The summed E-state index contributed by atoms with van der Waals surface area (Å²) in [6.07, 6.45) is 2.02. The first-order chi connectivity index (χ1) is 8.09. The van der Waals surface area contributed by atoms with Crippen LogP contribution < -0.4 is 0 Å². The summed E-state index contributed by atoms with van der Waals surface area (Å²) in [5.74, 6) is 0. The van der Waals surface area contributed by atoms with Crippen LogP contribution >= 0.6 is 10.7 Å². The standard InChI is InChI=1S/C7H7N3O2S.CH3ClO2S/c1-13(11,12)10-7-5-3-2-4-6(7)8-9-10;1-5(2,3)4/h2-5H,1H3;1H3. The Morgan fingerprint density at radius 1 is 1.11 bits per heavy atom. The highest BCUT2D eigenvalue weighted by atomic mass is 35.7. The molecule has 0 bridgehead atoms. The monoisotopic (exact) mass is 311 g/mol. The maximum absolute atomic E-state index is 11.2. The number of rotatable bonds is 1. The Morgan fingerprint density at radius 2 is 1.61 bits per heavy atom. The molecule has 2 aromatic rings. The molecule has 0 unspecified atom stereocenters. The molecule has 0 N–H and O–H groups in total. The van der Waals surface area contributed by atoms with Crippen LogP contribution in [-0.2, 0) is 19.1 Å². The number of hydrogen-bond donors (Lipinski definition) is 0. The Bertz CT molecular complexity index is 743. The zero-order chi connectivity index (χ0) is 14.0. The molecule has 10 heteroatoms. The highest BCUT2D eigenvalue weighted by Gasteiger charge is 2.11. The van der Waals surface area contributed by atoms with Crippen LogP contribution in [0.2, 0.25) is 0 Å². The van der Waals surface area contributed by atoms with Gasteiger partial charge >= 0.3 is 0 Å². The molecule has 0 amide bonds. The minimum atomic E-state index is -3.34. The van der Waals surface area contributed by atoms with Gasteiger partial charge in [0, 0.05) is 10.7 Å².